The highest BCUT2D eigenvalue weighted by Crippen LogP contribution is 2.31. The largest absolute Gasteiger partial charge is 0.371 e. The third-order valence-electron chi connectivity index (χ3n) is 2.95. The maximum absolute atomic E-state index is 5.65. The fraction of sp³-hybridized carbons (Fsp3) is 0.750. The average Bonchev–Trinajstić information content (AvgIpc) is 2.94. The van der Waals surface area contributed by atoms with Crippen molar-refractivity contribution in [1.29, 1.82) is 0 Å². The summed E-state index contributed by atoms with van der Waals surface area (Å²) in [6.07, 6.45) is 2.58. The predicted octanol–water partition coefficient (Wildman–Crippen LogP) is 2.71. The summed E-state index contributed by atoms with van der Waals surface area (Å²) in [5.74, 6) is 0.492. The third kappa shape index (κ3) is 2.81. The van der Waals surface area contributed by atoms with Crippen molar-refractivity contribution in [2.24, 2.45) is 0 Å². The van der Waals surface area contributed by atoms with E-state index in [4.69, 9.17) is 9.72 Å². The highest BCUT2D eigenvalue weighted by Gasteiger charge is 2.21. The topological polar surface area (TPSA) is 34.1 Å². The van der Waals surface area contributed by atoms with Gasteiger partial charge in [-0.25, -0.2) is 4.98 Å². The molecule has 0 saturated carbocycles. The Balaban J connectivity index is 1.95. The summed E-state index contributed by atoms with van der Waals surface area (Å²) < 4.78 is 5.65. The number of hydrogen-bond donors (Lipinski definition) is 1. The number of likely N-dealkylation sites (N-methyl/N-ethyl adjacent to an activating group) is 1. The first kappa shape index (κ1) is 12.0. The first-order valence-electron chi connectivity index (χ1n) is 6.09. The van der Waals surface area contributed by atoms with Gasteiger partial charge in [0.2, 0.25) is 0 Å². The van der Waals surface area contributed by atoms with Crippen molar-refractivity contribution in [2.45, 2.75) is 38.7 Å². The fourth-order valence-corrected chi connectivity index (χ4v) is 2.94. The Morgan fingerprint density at radius 3 is 3.25 bits per heavy atom. The van der Waals surface area contributed by atoms with Crippen LogP contribution in [0.4, 0.5) is 0 Å². The second-order valence-electron chi connectivity index (χ2n) is 4.32. The number of aromatic nitrogens is 1. The molecular weight excluding hydrogens is 220 g/mol. The molecule has 0 bridgehead atoms. The van der Waals surface area contributed by atoms with Gasteiger partial charge in [-0.1, -0.05) is 13.8 Å². The minimum absolute atomic E-state index is 0.269. The van der Waals surface area contributed by atoms with Crippen molar-refractivity contribution in [1.82, 2.24) is 10.3 Å². The maximum atomic E-state index is 5.65. The molecular formula is C12H20N2OS. The fourth-order valence-electron chi connectivity index (χ4n) is 1.91. The number of rotatable bonds is 5. The molecule has 16 heavy (non-hydrogen) atoms. The molecule has 2 heterocycles. The quantitative estimate of drug-likeness (QED) is 0.859. The Morgan fingerprint density at radius 1 is 1.69 bits per heavy atom. The van der Waals surface area contributed by atoms with Crippen LogP contribution in [0.15, 0.2) is 5.38 Å². The Kier molecular flexibility index (Phi) is 4.32. The van der Waals surface area contributed by atoms with Gasteiger partial charge in [-0.15, -0.1) is 11.3 Å². The van der Waals surface area contributed by atoms with E-state index in [0.29, 0.717) is 5.92 Å². The Morgan fingerprint density at radius 2 is 2.56 bits per heavy atom. The summed E-state index contributed by atoms with van der Waals surface area (Å²) in [6.45, 7) is 7.27. The Hall–Kier alpha value is -0.450. The van der Waals surface area contributed by atoms with Gasteiger partial charge in [-0.05, 0) is 19.4 Å². The van der Waals surface area contributed by atoms with Crippen LogP contribution >= 0.6 is 11.3 Å². The lowest BCUT2D eigenvalue weighted by atomic mass is 10.1. The third-order valence-corrected chi connectivity index (χ3v) is 3.91. The van der Waals surface area contributed by atoms with Gasteiger partial charge in [0.25, 0.3) is 0 Å². The van der Waals surface area contributed by atoms with Gasteiger partial charge in [0, 0.05) is 24.4 Å². The first-order valence-corrected chi connectivity index (χ1v) is 6.97. The van der Waals surface area contributed by atoms with E-state index in [1.807, 2.05) is 0 Å². The van der Waals surface area contributed by atoms with E-state index in [2.05, 4.69) is 24.5 Å². The standard InChI is InChI=1S/C12H20N2OS/c1-3-13-7-9(2)10-8-16-12(14-10)11-5-4-6-15-11/h8-9,11,13H,3-7H2,1-2H3. The molecule has 1 saturated heterocycles. The zero-order valence-electron chi connectivity index (χ0n) is 10.0. The minimum Gasteiger partial charge on any atom is -0.371 e. The molecule has 1 N–H and O–H groups in total. The molecule has 1 aliphatic heterocycles. The molecule has 90 valence electrons. The zero-order chi connectivity index (χ0) is 11.4. The van der Waals surface area contributed by atoms with E-state index in [1.165, 1.54) is 12.1 Å². The predicted molar refractivity (Wildman–Crippen MR) is 67.0 cm³/mol. The highest BCUT2D eigenvalue weighted by molar-refractivity contribution is 7.09. The highest BCUT2D eigenvalue weighted by atomic mass is 32.1. The molecule has 0 amide bonds. The summed E-state index contributed by atoms with van der Waals surface area (Å²) in [5, 5.41) is 6.70. The van der Waals surface area contributed by atoms with Gasteiger partial charge in [0.15, 0.2) is 0 Å². The number of hydrogen-bond acceptors (Lipinski definition) is 4. The summed E-state index contributed by atoms with van der Waals surface area (Å²) in [4.78, 5) is 4.70. The van der Waals surface area contributed by atoms with E-state index >= 15 is 0 Å². The van der Waals surface area contributed by atoms with Gasteiger partial charge < -0.3 is 10.1 Å². The molecule has 1 fully saturated rings. The van der Waals surface area contributed by atoms with Crippen molar-refractivity contribution in [2.75, 3.05) is 19.7 Å². The summed E-state index contributed by atoms with van der Waals surface area (Å²) >= 11 is 1.74. The smallest absolute Gasteiger partial charge is 0.122 e. The lowest BCUT2D eigenvalue weighted by Crippen LogP contribution is -2.19. The lowest BCUT2D eigenvalue weighted by Gasteiger charge is -2.09. The molecule has 1 aliphatic rings. The van der Waals surface area contributed by atoms with E-state index < -0.39 is 0 Å². The Bertz CT molecular complexity index is 321. The normalized spacial score (nSPS) is 22.5. The molecule has 0 radical (unpaired) electrons. The number of thiazole rings is 1. The first-order chi connectivity index (χ1) is 7.81. The van der Waals surface area contributed by atoms with Crippen LogP contribution in [-0.2, 0) is 4.74 Å². The molecule has 2 atom stereocenters. The number of nitrogens with one attached hydrogen (secondary N) is 1. The molecule has 4 heteroatoms. The van der Waals surface area contributed by atoms with Crippen molar-refractivity contribution in [3.63, 3.8) is 0 Å². The van der Waals surface area contributed by atoms with Gasteiger partial charge >= 0.3 is 0 Å². The monoisotopic (exact) mass is 240 g/mol. The van der Waals surface area contributed by atoms with Crippen LogP contribution in [0.5, 0.6) is 0 Å². The van der Waals surface area contributed by atoms with E-state index in [-0.39, 0.29) is 6.10 Å². The molecule has 2 rings (SSSR count). The average molecular weight is 240 g/mol. The number of ether oxygens (including phenoxy) is 1. The van der Waals surface area contributed by atoms with Crippen molar-refractivity contribution in [3.05, 3.63) is 16.1 Å². The second kappa shape index (κ2) is 5.75. The molecule has 3 nitrogen and oxygen atoms in total. The van der Waals surface area contributed by atoms with E-state index in [9.17, 15) is 0 Å². The lowest BCUT2D eigenvalue weighted by molar-refractivity contribution is 0.111. The van der Waals surface area contributed by atoms with Crippen LogP contribution in [0.1, 0.15) is 49.4 Å². The second-order valence-corrected chi connectivity index (χ2v) is 5.21. The maximum Gasteiger partial charge on any atom is 0.122 e. The summed E-state index contributed by atoms with van der Waals surface area (Å²) in [5.41, 5.74) is 1.21. The zero-order valence-corrected chi connectivity index (χ0v) is 10.8. The van der Waals surface area contributed by atoms with E-state index in [0.717, 1.165) is 31.1 Å². The van der Waals surface area contributed by atoms with Crippen LogP contribution in [0.2, 0.25) is 0 Å². The molecule has 0 aliphatic carbocycles. The summed E-state index contributed by atoms with van der Waals surface area (Å²) in [7, 11) is 0. The van der Waals surface area contributed by atoms with Gasteiger partial charge in [0.1, 0.15) is 11.1 Å². The van der Waals surface area contributed by atoms with Crippen LogP contribution in [-0.4, -0.2) is 24.7 Å². The van der Waals surface area contributed by atoms with Crippen LogP contribution in [0.3, 0.4) is 0 Å². The van der Waals surface area contributed by atoms with Gasteiger partial charge in [-0.3, -0.25) is 0 Å². The SMILES string of the molecule is CCNCC(C)c1csc(C2CCCO2)n1. The van der Waals surface area contributed by atoms with Crippen molar-refractivity contribution < 1.29 is 4.74 Å². The molecule has 1 aromatic rings. The molecule has 0 spiro atoms. The van der Waals surface area contributed by atoms with E-state index in [1.54, 1.807) is 11.3 Å². The molecule has 2 unspecified atom stereocenters. The van der Waals surface area contributed by atoms with Crippen LogP contribution in [0.25, 0.3) is 0 Å². The van der Waals surface area contributed by atoms with Crippen molar-refractivity contribution >= 4 is 11.3 Å². The molecule has 0 aromatic carbocycles. The van der Waals surface area contributed by atoms with Gasteiger partial charge in [0.05, 0.1) is 5.69 Å². The Labute approximate surface area is 101 Å². The minimum atomic E-state index is 0.269. The number of nitrogens with zero attached hydrogens (tertiary/aromatic N) is 1. The summed E-state index contributed by atoms with van der Waals surface area (Å²) in [6, 6.07) is 0. The van der Waals surface area contributed by atoms with Crippen LogP contribution in [0, 0.1) is 0 Å². The van der Waals surface area contributed by atoms with Crippen LogP contribution < -0.4 is 5.32 Å². The van der Waals surface area contributed by atoms with Gasteiger partial charge in [-0.2, -0.15) is 0 Å². The van der Waals surface area contributed by atoms with Crippen molar-refractivity contribution in [3.8, 4) is 0 Å². The molecule has 1 aromatic heterocycles.